The molecule has 2 N–H and O–H groups in total. The molecule has 0 aromatic heterocycles. The van der Waals surface area contributed by atoms with Crippen molar-refractivity contribution in [2.75, 3.05) is 7.05 Å². The van der Waals surface area contributed by atoms with Crippen LogP contribution in [0, 0.1) is 12.7 Å². The van der Waals surface area contributed by atoms with Crippen LogP contribution in [0.15, 0.2) is 23.2 Å². The van der Waals surface area contributed by atoms with E-state index >= 15 is 0 Å². The molecule has 2 aliphatic heterocycles. The molecule has 3 atom stereocenters. The maximum Gasteiger partial charge on any atom is 0.191 e. The zero-order chi connectivity index (χ0) is 14.8. The molecule has 2 aliphatic rings. The summed E-state index contributed by atoms with van der Waals surface area (Å²) in [5.41, 5.74) is 1.71. The number of aryl methyl sites for hydroxylation is 1. The minimum absolute atomic E-state index is 0.166. The van der Waals surface area contributed by atoms with E-state index in [4.69, 9.17) is 4.74 Å². The van der Waals surface area contributed by atoms with Gasteiger partial charge in [-0.05, 0) is 43.4 Å². The van der Waals surface area contributed by atoms with Crippen LogP contribution in [-0.2, 0) is 11.3 Å². The van der Waals surface area contributed by atoms with E-state index in [2.05, 4.69) is 15.6 Å². The SMILES string of the molecule is CN=C(NCc1ccc(F)c(C)c1)NC1CC2CCC1O2. The van der Waals surface area contributed by atoms with Crippen molar-refractivity contribution in [1.29, 1.82) is 0 Å². The van der Waals surface area contributed by atoms with Crippen LogP contribution in [0.2, 0.25) is 0 Å². The number of halogens is 1. The summed E-state index contributed by atoms with van der Waals surface area (Å²) >= 11 is 0. The van der Waals surface area contributed by atoms with Gasteiger partial charge in [0.2, 0.25) is 0 Å². The average molecular weight is 291 g/mol. The smallest absolute Gasteiger partial charge is 0.191 e. The molecule has 2 saturated heterocycles. The Morgan fingerprint density at radius 3 is 2.90 bits per heavy atom. The number of hydrogen-bond donors (Lipinski definition) is 2. The average Bonchev–Trinajstić information content (AvgIpc) is 3.09. The Morgan fingerprint density at radius 2 is 2.29 bits per heavy atom. The summed E-state index contributed by atoms with van der Waals surface area (Å²) in [7, 11) is 1.76. The molecule has 1 aromatic rings. The molecule has 114 valence electrons. The predicted octanol–water partition coefficient (Wildman–Crippen LogP) is 2.12. The van der Waals surface area contributed by atoms with Gasteiger partial charge in [-0.1, -0.05) is 12.1 Å². The molecule has 2 heterocycles. The molecule has 0 saturated carbocycles. The van der Waals surface area contributed by atoms with Crippen LogP contribution in [0.3, 0.4) is 0 Å². The van der Waals surface area contributed by atoms with Crippen LogP contribution in [-0.4, -0.2) is 31.3 Å². The Morgan fingerprint density at radius 1 is 1.43 bits per heavy atom. The lowest BCUT2D eigenvalue weighted by molar-refractivity contribution is 0.0992. The van der Waals surface area contributed by atoms with Crippen molar-refractivity contribution in [1.82, 2.24) is 10.6 Å². The molecule has 5 heteroatoms. The lowest BCUT2D eigenvalue weighted by Gasteiger charge is -2.22. The molecule has 2 bridgehead atoms. The van der Waals surface area contributed by atoms with E-state index in [9.17, 15) is 4.39 Å². The van der Waals surface area contributed by atoms with Gasteiger partial charge in [0, 0.05) is 13.6 Å². The zero-order valence-electron chi connectivity index (χ0n) is 12.5. The third-order valence-electron chi connectivity index (χ3n) is 4.33. The van der Waals surface area contributed by atoms with E-state index in [1.807, 2.05) is 6.07 Å². The molecular formula is C16H22FN3O. The monoisotopic (exact) mass is 291 g/mol. The maximum absolute atomic E-state index is 13.3. The summed E-state index contributed by atoms with van der Waals surface area (Å²) in [5.74, 6) is 0.610. The minimum Gasteiger partial charge on any atom is -0.373 e. The molecule has 3 unspecified atom stereocenters. The number of rotatable bonds is 3. The number of guanidine groups is 1. The Hall–Kier alpha value is -1.62. The van der Waals surface area contributed by atoms with Crippen LogP contribution >= 0.6 is 0 Å². The Labute approximate surface area is 124 Å². The van der Waals surface area contributed by atoms with Crippen molar-refractivity contribution >= 4 is 5.96 Å². The summed E-state index contributed by atoms with van der Waals surface area (Å²) in [4.78, 5) is 4.25. The zero-order valence-corrected chi connectivity index (χ0v) is 12.5. The lowest BCUT2D eigenvalue weighted by Crippen LogP contribution is -2.47. The molecule has 0 spiro atoms. The largest absolute Gasteiger partial charge is 0.373 e. The second kappa shape index (κ2) is 6.02. The van der Waals surface area contributed by atoms with Gasteiger partial charge in [0.15, 0.2) is 5.96 Å². The summed E-state index contributed by atoms with van der Waals surface area (Å²) in [6.07, 6.45) is 4.12. The van der Waals surface area contributed by atoms with Gasteiger partial charge in [0.05, 0.1) is 18.2 Å². The van der Waals surface area contributed by atoms with Gasteiger partial charge in [0.25, 0.3) is 0 Å². The van der Waals surface area contributed by atoms with Crippen molar-refractivity contribution in [2.24, 2.45) is 4.99 Å². The quantitative estimate of drug-likeness (QED) is 0.662. The van der Waals surface area contributed by atoms with Crippen molar-refractivity contribution in [3.05, 3.63) is 35.1 Å². The first-order valence-corrected chi connectivity index (χ1v) is 7.53. The van der Waals surface area contributed by atoms with E-state index in [-0.39, 0.29) is 5.82 Å². The summed E-state index contributed by atoms with van der Waals surface area (Å²) in [5, 5.41) is 6.71. The van der Waals surface area contributed by atoms with E-state index < -0.39 is 0 Å². The number of ether oxygens (including phenoxy) is 1. The third-order valence-corrected chi connectivity index (χ3v) is 4.33. The number of hydrogen-bond acceptors (Lipinski definition) is 2. The normalized spacial score (nSPS) is 28.0. The number of benzene rings is 1. The highest BCUT2D eigenvalue weighted by molar-refractivity contribution is 5.80. The summed E-state index contributed by atoms with van der Waals surface area (Å²) < 4.78 is 19.1. The van der Waals surface area contributed by atoms with Crippen LogP contribution in [0.4, 0.5) is 4.39 Å². The highest BCUT2D eigenvalue weighted by Crippen LogP contribution is 2.34. The fourth-order valence-corrected chi connectivity index (χ4v) is 3.16. The molecule has 21 heavy (non-hydrogen) atoms. The molecule has 4 nitrogen and oxygen atoms in total. The van der Waals surface area contributed by atoms with Gasteiger partial charge in [0.1, 0.15) is 5.82 Å². The topological polar surface area (TPSA) is 45.7 Å². The first-order valence-electron chi connectivity index (χ1n) is 7.53. The third kappa shape index (κ3) is 3.18. The van der Waals surface area contributed by atoms with Gasteiger partial charge < -0.3 is 15.4 Å². The Bertz CT molecular complexity index is 546. The molecule has 2 fully saturated rings. The van der Waals surface area contributed by atoms with Crippen molar-refractivity contribution in [2.45, 2.75) is 51.0 Å². The van der Waals surface area contributed by atoms with E-state index in [1.54, 1.807) is 20.0 Å². The molecule has 0 amide bonds. The number of nitrogens with one attached hydrogen (secondary N) is 2. The van der Waals surface area contributed by atoms with Crippen LogP contribution in [0.1, 0.15) is 30.4 Å². The van der Waals surface area contributed by atoms with Gasteiger partial charge >= 0.3 is 0 Å². The minimum atomic E-state index is -0.166. The van der Waals surface area contributed by atoms with E-state index in [0.29, 0.717) is 30.4 Å². The van der Waals surface area contributed by atoms with E-state index in [0.717, 1.165) is 24.4 Å². The summed E-state index contributed by atoms with van der Waals surface area (Å²) in [6.45, 7) is 2.40. The fraction of sp³-hybridized carbons (Fsp3) is 0.562. The van der Waals surface area contributed by atoms with Crippen LogP contribution < -0.4 is 10.6 Å². The first-order chi connectivity index (χ1) is 10.2. The van der Waals surface area contributed by atoms with Gasteiger partial charge in [-0.15, -0.1) is 0 Å². The van der Waals surface area contributed by atoms with Gasteiger partial charge in [-0.2, -0.15) is 0 Å². The molecule has 1 aromatic carbocycles. The molecule has 0 aliphatic carbocycles. The van der Waals surface area contributed by atoms with Crippen molar-refractivity contribution in [3.63, 3.8) is 0 Å². The Kier molecular flexibility index (Phi) is 4.10. The standard InChI is InChI=1S/C16H22FN3O/c1-10-7-11(3-5-13(10)17)9-19-16(18-2)20-14-8-12-4-6-15(14)21-12/h3,5,7,12,14-15H,4,6,8-9H2,1-2H3,(H2,18,19,20). The first kappa shape index (κ1) is 14.3. The lowest BCUT2D eigenvalue weighted by atomic mass is 9.96. The number of fused-ring (bicyclic) bond motifs is 2. The highest BCUT2D eigenvalue weighted by atomic mass is 19.1. The number of aliphatic imine (C=N–C) groups is 1. The highest BCUT2D eigenvalue weighted by Gasteiger charge is 2.41. The van der Waals surface area contributed by atoms with E-state index in [1.165, 1.54) is 12.5 Å². The predicted molar refractivity (Wildman–Crippen MR) is 80.8 cm³/mol. The second-order valence-electron chi connectivity index (χ2n) is 5.87. The van der Waals surface area contributed by atoms with Crippen molar-refractivity contribution in [3.8, 4) is 0 Å². The Balaban J connectivity index is 1.54. The van der Waals surface area contributed by atoms with Crippen molar-refractivity contribution < 1.29 is 9.13 Å². The molecular weight excluding hydrogens is 269 g/mol. The second-order valence-corrected chi connectivity index (χ2v) is 5.87. The maximum atomic E-state index is 13.3. The molecule has 0 radical (unpaired) electrons. The molecule has 3 rings (SSSR count). The summed E-state index contributed by atoms with van der Waals surface area (Å²) in [6, 6.07) is 5.51. The van der Waals surface area contributed by atoms with Crippen LogP contribution in [0.25, 0.3) is 0 Å². The van der Waals surface area contributed by atoms with Crippen LogP contribution in [0.5, 0.6) is 0 Å². The fourth-order valence-electron chi connectivity index (χ4n) is 3.16. The van der Waals surface area contributed by atoms with Gasteiger partial charge in [-0.3, -0.25) is 4.99 Å². The number of nitrogens with zero attached hydrogens (tertiary/aromatic N) is 1. The van der Waals surface area contributed by atoms with Gasteiger partial charge in [-0.25, -0.2) is 4.39 Å².